The minimum atomic E-state index is -3.85. The van der Waals surface area contributed by atoms with Crippen LogP contribution in [0, 0.1) is 0 Å². The molecule has 21 heavy (non-hydrogen) atoms. The second kappa shape index (κ2) is 6.77. The summed E-state index contributed by atoms with van der Waals surface area (Å²) in [7, 11) is -3.85. The molecule has 1 aromatic carbocycles. The highest BCUT2D eigenvalue weighted by atomic mass is 35.5. The summed E-state index contributed by atoms with van der Waals surface area (Å²) in [5.41, 5.74) is 0.146. The first kappa shape index (κ1) is 16.3. The summed E-state index contributed by atoms with van der Waals surface area (Å²) in [5, 5.41) is 8.23. The number of halogens is 1. The fourth-order valence-corrected chi connectivity index (χ4v) is 3.29. The molecule has 3 N–H and O–H groups in total. The lowest BCUT2D eigenvalue weighted by molar-refractivity contribution is 0.0933. The molecule has 0 unspecified atom stereocenters. The zero-order chi connectivity index (χ0) is 15.5. The normalized spacial score (nSPS) is 17.2. The molecule has 1 aromatic rings. The molecule has 7 heteroatoms. The second-order valence-electron chi connectivity index (χ2n) is 5.35. The monoisotopic (exact) mass is 330 g/mol. The van der Waals surface area contributed by atoms with E-state index in [2.05, 4.69) is 5.32 Å². The Morgan fingerprint density at radius 3 is 2.38 bits per heavy atom. The quantitative estimate of drug-likeness (QED) is 0.834. The first-order chi connectivity index (χ1) is 9.88. The van der Waals surface area contributed by atoms with Crippen molar-refractivity contribution in [1.82, 2.24) is 5.32 Å². The third kappa shape index (κ3) is 4.43. The fraction of sp³-hybridized carbons (Fsp3) is 0.500. The van der Waals surface area contributed by atoms with Crippen LogP contribution in [0.25, 0.3) is 0 Å². The number of nitrogens with one attached hydrogen (secondary N) is 1. The summed E-state index contributed by atoms with van der Waals surface area (Å²) in [6, 6.07) is 4.02. The van der Waals surface area contributed by atoms with Gasteiger partial charge in [-0.1, -0.05) is 37.3 Å². The number of amides is 1. The Kier molecular flexibility index (Phi) is 5.24. The lowest BCUT2D eigenvalue weighted by Gasteiger charge is -2.17. The van der Waals surface area contributed by atoms with Crippen LogP contribution in [-0.2, 0) is 10.0 Å². The zero-order valence-electron chi connectivity index (χ0n) is 11.6. The van der Waals surface area contributed by atoms with Crippen LogP contribution in [0.3, 0.4) is 0 Å². The first-order valence-corrected chi connectivity index (χ1v) is 8.93. The average Bonchev–Trinajstić information content (AvgIpc) is 2.66. The molecule has 0 heterocycles. The molecule has 0 radical (unpaired) electrons. The maximum atomic E-state index is 12.3. The van der Waals surface area contributed by atoms with Gasteiger partial charge in [-0.05, 0) is 31.0 Å². The Balaban J connectivity index is 2.18. The van der Waals surface area contributed by atoms with Crippen LogP contribution in [0.2, 0.25) is 5.02 Å². The van der Waals surface area contributed by atoms with Gasteiger partial charge in [0.1, 0.15) is 0 Å². The van der Waals surface area contributed by atoms with Crippen LogP contribution in [0.15, 0.2) is 23.1 Å². The highest BCUT2D eigenvalue weighted by molar-refractivity contribution is 7.89. The van der Waals surface area contributed by atoms with Crippen molar-refractivity contribution >= 4 is 27.5 Å². The summed E-state index contributed by atoms with van der Waals surface area (Å²) in [5.74, 6) is -0.350. The van der Waals surface area contributed by atoms with Gasteiger partial charge in [0.05, 0.1) is 15.5 Å². The van der Waals surface area contributed by atoms with Gasteiger partial charge in [0.25, 0.3) is 5.91 Å². The Labute approximate surface area is 129 Å². The molecule has 5 nitrogen and oxygen atoms in total. The van der Waals surface area contributed by atoms with E-state index in [1.54, 1.807) is 0 Å². The molecule has 1 aliphatic carbocycles. The summed E-state index contributed by atoms with van der Waals surface area (Å²) in [6.07, 6.45) is 6.45. The number of carbonyl (C=O) groups excluding carboxylic acids is 1. The van der Waals surface area contributed by atoms with Gasteiger partial charge in [0, 0.05) is 6.04 Å². The van der Waals surface area contributed by atoms with E-state index in [0.29, 0.717) is 0 Å². The van der Waals surface area contributed by atoms with Crippen molar-refractivity contribution in [2.45, 2.75) is 49.5 Å². The maximum absolute atomic E-state index is 12.3. The van der Waals surface area contributed by atoms with Crippen LogP contribution < -0.4 is 10.5 Å². The number of nitrogens with two attached hydrogens (primary N) is 1. The summed E-state index contributed by atoms with van der Waals surface area (Å²) in [6.45, 7) is 0. The van der Waals surface area contributed by atoms with E-state index in [0.717, 1.165) is 25.7 Å². The predicted molar refractivity (Wildman–Crippen MR) is 81.8 cm³/mol. The minimum absolute atomic E-state index is 0.113. The van der Waals surface area contributed by atoms with Gasteiger partial charge < -0.3 is 5.32 Å². The molecule has 0 spiro atoms. The van der Waals surface area contributed by atoms with Gasteiger partial charge in [-0.3, -0.25) is 4.79 Å². The van der Waals surface area contributed by atoms with Gasteiger partial charge in [-0.25, -0.2) is 13.6 Å². The molecule has 0 bridgehead atoms. The summed E-state index contributed by atoms with van der Waals surface area (Å²) in [4.78, 5) is 12.2. The summed E-state index contributed by atoms with van der Waals surface area (Å²) >= 11 is 5.99. The molecular formula is C14H19ClN2O3S. The lowest BCUT2D eigenvalue weighted by Crippen LogP contribution is -2.34. The van der Waals surface area contributed by atoms with Gasteiger partial charge in [0.2, 0.25) is 10.0 Å². The number of hydrogen-bond donors (Lipinski definition) is 2. The molecule has 1 saturated carbocycles. The van der Waals surface area contributed by atoms with E-state index in [-0.39, 0.29) is 27.4 Å². The topological polar surface area (TPSA) is 89.3 Å². The van der Waals surface area contributed by atoms with E-state index in [1.807, 2.05) is 0 Å². The smallest absolute Gasteiger partial charge is 0.253 e. The van der Waals surface area contributed by atoms with Gasteiger partial charge in [-0.2, -0.15) is 0 Å². The van der Waals surface area contributed by atoms with E-state index in [9.17, 15) is 13.2 Å². The van der Waals surface area contributed by atoms with Crippen LogP contribution >= 0.6 is 11.6 Å². The van der Waals surface area contributed by atoms with E-state index in [1.165, 1.54) is 31.0 Å². The molecule has 0 saturated heterocycles. The average molecular weight is 331 g/mol. The molecule has 1 amide bonds. The lowest BCUT2D eigenvalue weighted by atomic mass is 10.1. The highest BCUT2D eigenvalue weighted by Gasteiger charge is 2.19. The highest BCUT2D eigenvalue weighted by Crippen LogP contribution is 2.22. The SMILES string of the molecule is NS(=O)(=O)c1ccc(Cl)c(C(=O)NC2CCCCCC2)c1. The van der Waals surface area contributed by atoms with Crippen molar-refractivity contribution in [3.63, 3.8) is 0 Å². The van der Waals surface area contributed by atoms with E-state index < -0.39 is 10.0 Å². The Morgan fingerprint density at radius 1 is 1.19 bits per heavy atom. The molecular weight excluding hydrogens is 312 g/mol. The van der Waals surface area contributed by atoms with Crippen molar-refractivity contribution < 1.29 is 13.2 Å². The molecule has 0 aliphatic heterocycles. The van der Waals surface area contributed by atoms with Crippen LogP contribution in [-0.4, -0.2) is 20.4 Å². The number of hydrogen-bond acceptors (Lipinski definition) is 3. The van der Waals surface area contributed by atoms with Crippen LogP contribution in [0.5, 0.6) is 0 Å². The number of benzene rings is 1. The maximum Gasteiger partial charge on any atom is 0.253 e. The third-order valence-corrected chi connectivity index (χ3v) is 4.94. The fourth-order valence-electron chi connectivity index (χ4n) is 2.54. The van der Waals surface area contributed by atoms with Crippen molar-refractivity contribution in [2.75, 3.05) is 0 Å². The molecule has 0 atom stereocenters. The number of rotatable bonds is 3. The van der Waals surface area contributed by atoms with Gasteiger partial charge >= 0.3 is 0 Å². The molecule has 1 aliphatic rings. The van der Waals surface area contributed by atoms with E-state index in [4.69, 9.17) is 16.7 Å². The van der Waals surface area contributed by atoms with E-state index >= 15 is 0 Å². The number of carbonyl (C=O) groups is 1. The zero-order valence-corrected chi connectivity index (χ0v) is 13.2. The predicted octanol–water partition coefficient (Wildman–Crippen LogP) is 2.44. The van der Waals surface area contributed by atoms with Crippen LogP contribution in [0.1, 0.15) is 48.9 Å². The second-order valence-corrected chi connectivity index (χ2v) is 7.32. The minimum Gasteiger partial charge on any atom is -0.349 e. The molecule has 0 aromatic heterocycles. The van der Waals surface area contributed by atoms with Crippen molar-refractivity contribution in [2.24, 2.45) is 5.14 Å². The molecule has 2 rings (SSSR count). The van der Waals surface area contributed by atoms with Crippen molar-refractivity contribution in [1.29, 1.82) is 0 Å². The number of sulfonamides is 1. The first-order valence-electron chi connectivity index (χ1n) is 7.01. The Hall–Kier alpha value is -1.11. The Bertz CT molecular complexity index is 623. The van der Waals surface area contributed by atoms with Crippen molar-refractivity contribution in [3.8, 4) is 0 Å². The largest absolute Gasteiger partial charge is 0.349 e. The standard InChI is InChI=1S/C14H19ClN2O3S/c15-13-8-7-11(21(16,19)20)9-12(13)14(18)17-10-5-3-1-2-4-6-10/h7-10H,1-6H2,(H,17,18)(H2,16,19,20). The third-order valence-electron chi connectivity index (χ3n) is 3.70. The van der Waals surface area contributed by atoms with Gasteiger partial charge in [-0.15, -0.1) is 0 Å². The molecule has 116 valence electrons. The van der Waals surface area contributed by atoms with Gasteiger partial charge in [0.15, 0.2) is 0 Å². The molecule has 1 fully saturated rings. The van der Waals surface area contributed by atoms with Crippen molar-refractivity contribution in [3.05, 3.63) is 28.8 Å². The summed E-state index contributed by atoms with van der Waals surface area (Å²) < 4.78 is 22.7. The van der Waals surface area contributed by atoms with Crippen LogP contribution in [0.4, 0.5) is 0 Å². The number of primary sulfonamides is 1. The Morgan fingerprint density at radius 2 is 1.81 bits per heavy atom.